The minimum Gasteiger partial charge on any atom is -0.463 e. The molecule has 23 heavy (non-hydrogen) atoms. The Kier molecular flexibility index (Phi) is 5.16. The Hall–Kier alpha value is -2.04. The first-order valence-corrected chi connectivity index (χ1v) is 8.58. The zero-order chi connectivity index (χ0) is 16.1. The Morgan fingerprint density at radius 1 is 0.957 bits per heavy atom. The van der Waals surface area contributed by atoms with Crippen molar-refractivity contribution in [3.8, 4) is 11.5 Å². The first-order chi connectivity index (χ1) is 11.2. The van der Waals surface area contributed by atoms with Crippen LogP contribution in [0.5, 0.6) is 11.5 Å². The highest BCUT2D eigenvalue weighted by molar-refractivity contribution is 8.23. The molecule has 3 rings (SSSR count). The molecule has 0 saturated carbocycles. The van der Waals surface area contributed by atoms with E-state index < -0.39 is 0 Å². The van der Waals surface area contributed by atoms with Gasteiger partial charge in [0.05, 0.1) is 6.26 Å². The maximum atomic E-state index is 5.81. The van der Waals surface area contributed by atoms with E-state index in [1.807, 2.05) is 54.6 Å². The number of thiocarbonyl (C=S) groups is 1. The van der Waals surface area contributed by atoms with Crippen molar-refractivity contribution in [3.63, 3.8) is 0 Å². The topological polar surface area (TPSA) is 22.4 Å². The van der Waals surface area contributed by atoms with Gasteiger partial charge in [-0.2, -0.15) is 0 Å². The molecule has 0 fully saturated rings. The van der Waals surface area contributed by atoms with Gasteiger partial charge in [-0.25, -0.2) is 0 Å². The predicted molar refractivity (Wildman–Crippen MR) is 99.4 cm³/mol. The maximum absolute atomic E-state index is 5.81. The van der Waals surface area contributed by atoms with Crippen molar-refractivity contribution >= 4 is 28.2 Å². The van der Waals surface area contributed by atoms with E-state index in [0.717, 1.165) is 21.5 Å². The lowest BCUT2D eigenvalue weighted by atomic mass is 10.1. The fourth-order valence-electron chi connectivity index (χ4n) is 2.11. The maximum Gasteiger partial charge on any atom is 0.151 e. The summed E-state index contributed by atoms with van der Waals surface area (Å²) in [6.07, 6.45) is 1.64. The molecule has 0 aliphatic carbocycles. The largest absolute Gasteiger partial charge is 0.463 e. The molecule has 1 unspecified atom stereocenters. The van der Waals surface area contributed by atoms with Gasteiger partial charge in [0.2, 0.25) is 0 Å². The first-order valence-electron chi connectivity index (χ1n) is 7.30. The zero-order valence-electron chi connectivity index (χ0n) is 12.6. The molecule has 2 aromatic carbocycles. The van der Waals surface area contributed by atoms with E-state index in [1.54, 1.807) is 18.0 Å². The van der Waals surface area contributed by atoms with Gasteiger partial charge < -0.3 is 9.15 Å². The van der Waals surface area contributed by atoms with E-state index in [2.05, 4.69) is 19.1 Å². The van der Waals surface area contributed by atoms with Crippen molar-refractivity contribution in [3.05, 3.63) is 84.3 Å². The summed E-state index contributed by atoms with van der Waals surface area (Å²) in [5, 5.41) is 0.248. The van der Waals surface area contributed by atoms with Crippen LogP contribution in [0.15, 0.2) is 77.4 Å². The molecule has 0 aliphatic rings. The number of hydrogen-bond acceptors (Lipinski definition) is 4. The third kappa shape index (κ3) is 4.24. The van der Waals surface area contributed by atoms with Gasteiger partial charge >= 0.3 is 0 Å². The van der Waals surface area contributed by atoms with E-state index in [0.29, 0.717) is 0 Å². The van der Waals surface area contributed by atoms with Crippen LogP contribution < -0.4 is 4.74 Å². The van der Waals surface area contributed by atoms with Gasteiger partial charge in [-0.1, -0.05) is 42.5 Å². The standard InChI is InChI=1S/C19H16O2S2/c1-14(23-19(22)18-8-5-13-20-18)15-9-11-17(12-10-15)21-16-6-3-2-4-7-16/h2-14H,1H3. The molecular weight excluding hydrogens is 324 g/mol. The molecule has 1 heterocycles. The molecule has 0 aliphatic heterocycles. The number of rotatable bonds is 5. The molecule has 1 atom stereocenters. The summed E-state index contributed by atoms with van der Waals surface area (Å²) in [4.78, 5) is 0. The van der Waals surface area contributed by atoms with Crippen LogP contribution in [-0.4, -0.2) is 4.20 Å². The second-order valence-corrected chi connectivity index (χ2v) is 7.03. The highest BCUT2D eigenvalue weighted by atomic mass is 32.2. The van der Waals surface area contributed by atoms with E-state index in [9.17, 15) is 0 Å². The third-order valence-corrected chi connectivity index (χ3v) is 4.87. The van der Waals surface area contributed by atoms with Gasteiger partial charge in [0.1, 0.15) is 15.7 Å². The van der Waals surface area contributed by atoms with Crippen LogP contribution in [0.4, 0.5) is 0 Å². The fraction of sp³-hybridized carbons (Fsp3) is 0.105. The predicted octanol–water partition coefficient (Wildman–Crippen LogP) is 6.24. The summed E-state index contributed by atoms with van der Waals surface area (Å²) in [5.74, 6) is 2.41. The number of benzene rings is 2. The number of thioether (sulfide) groups is 1. The highest BCUT2D eigenvalue weighted by Crippen LogP contribution is 2.33. The lowest BCUT2D eigenvalue weighted by Gasteiger charge is -2.12. The third-order valence-electron chi connectivity index (χ3n) is 3.33. The Morgan fingerprint density at radius 2 is 1.65 bits per heavy atom. The molecule has 0 N–H and O–H groups in total. The smallest absolute Gasteiger partial charge is 0.151 e. The molecule has 116 valence electrons. The van der Waals surface area contributed by atoms with Crippen LogP contribution in [0.25, 0.3) is 0 Å². The van der Waals surface area contributed by atoms with Gasteiger partial charge in [0.25, 0.3) is 0 Å². The minimum atomic E-state index is 0.248. The molecule has 0 amide bonds. The molecule has 4 heteroatoms. The van der Waals surface area contributed by atoms with Crippen LogP contribution in [0.2, 0.25) is 0 Å². The summed E-state index contributed by atoms with van der Waals surface area (Å²) < 4.78 is 11.9. The van der Waals surface area contributed by atoms with Crippen molar-refractivity contribution in [2.75, 3.05) is 0 Å². The Morgan fingerprint density at radius 3 is 2.30 bits per heavy atom. The van der Waals surface area contributed by atoms with Crippen LogP contribution in [-0.2, 0) is 0 Å². The monoisotopic (exact) mass is 340 g/mol. The van der Waals surface area contributed by atoms with E-state index in [4.69, 9.17) is 21.4 Å². The lowest BCUT2D eigenvalue weighted by Crippen LogP contribution is -1.95. The Labute approximate surface area is 145 Å². The molecule has 0 bridgehead atoms. The van der Waals surface area contributed by atoms with Gasteiger partial charge in [-0.15, -0.1) is 11.8 Å². The summed E-state index contributed by atoms with van der Waals surface area (Å²) >= 11 is 7.02. The Bertz CT molecular complexity index is 750. The van der Waals surface area contributed by atoms with E-state index >= 15 is 0 Å². The molecule has 0 saturated heterocycles. The zero-order valence-corrected chi connectivity index (χ0v) is 14.3. The molecule has 2 nitrogen and oxygen atoms in total. The minimum absolute atomic E-state index is 0.248. The number of hydrogen-bond donors (Lipinski definition) is 0. The van der Waals surface area contributed by atoms with Crippen molar-refractivity contribution in [1.29, 1.82) is 0 Å². The molecule has 3 aromatic rings. The molecule has 0 radical (unpaired) electrons. The quantitative estimate of drug-likeness (QED) is 0.512. The normalized spacial score (nSPS) is 11.9. The van der Waals surface area contributed by atoms with Gasteiger partial charge in [0, 0.05) is 5.25 Å². The number of furan rings is 1. The van der Waals surface area contributed by atoms with Crippen molar-refractivity contribution in [1.82, 2.24) is 0 Å². The van der Waals surface area contributed by atoms with Crippen LogP contribution in [0.3, 0.4) is 0 Å². The summed E-state index contributed by atoms with van der Waals surface area (Å²) in [7, 11) is 0. The van der Waals surface area contributed by atoms with Crippen molar-refractivity contribution < 1.29 is 9.15 Å². The number of ether oxygens (including phenoxy) is 1. The lowest BCUT2D eigenvalue weighted by molar-refractivity contribution is 0.482. The summed E-state index contributed by atoms with van der Waals surface area (Å²) in [6.45, 7) is 2.13. The Balaban J connectivity index is 1.63. The number of para-hydroxylation sites is 1. The average molecular weight is 340 g/mol. The molecule has 0 spiro atoms. The second-order valence-electron chi connectivity index (χ2n) is 5.01. The van der Waals surface area contributed by atoms with Gasteiger partial charge in [-0.3, -0.25) is 0 Å². The van der Waals surface area contributed by atoms with Crippen molar-refractivity contribution in [2.24, 2.45) is 0 Å². The molecular formula is C19H16O2S2. The van der Waals surface area contributed by atoms with Gasteiger partial charge in [0.15, 0.2) is 5.76 Å². The second kappa shape index (κ2) is 7.49. The van der Waals surface area contributed by atoms with Crippen LogP contribution in [0, 0.1) is 0 Å². The highest BCUT2D eigenvalue weighted by Gasteiger charge is 2.12. The first kappa shape index (κ1) is 15.8. The fourth-order valence-corrected chi connectivity index (χ4v) is 3.51. The summed E-state index contributed by atoms with van der Waals surface area (Å²) in [6, 6.07) is 21.6. The van der Waals surface area contributed by atoms with Crippen molar-refractivity contribution in [2.45, 2.75) is 12.2 Å². The van der Waals surface area contributed by atoms with Gasteiger partial charge in [-0.05, 0) is 48.9 Å². The molecule has 1 aromatic heterocycles. The SMILES string of the molecule is CC(SC(=S)c1ccco1)c1ccc(Oc2ccccc2)cc1. The van der Waals surface area contributed by atoms with Crippen LogP contribution in [0.1, 0.15) is 23.5 Å². The van der Waals surface area contributed by atoms with Crippen LogP contribution >= 0.6 is 24.0 Å². The van der Waals surface area contributed by atoms with E-state index in [-0.39, 0.29) is 5.25 Å². The summed E-state index contributed by atoms with van der Waals surface area (Å²) in [5.41, 5.74) is 1.20. The average Bonchev–Trinajstić information content (AvgIpc) is 3.11. The van der Waals surface area contributed by atoms with E-state index in [1.165, 1.54) is 5.56 Å².